The summed E-state index contributed by atoms with van der Waals surface area (Å²) in [6, 6.07) is 12.7. The van der Waals surface area contributed by atoms with Crippen LogP contribution in [0.4, 0.5) is 4.39 Å². The molecule has 1 unspecified atom stereocenters. The summed E-state index contributed by atoms with van der Waals surface area (Å²) in [5, 5.41) is 10.1. The van der Waals surface area contributed by atoms with Crippen molar-refractivity contribution in [3.8, 4) is 0 Å². The van der Waals surface area contributed by atoms with Crippen molar-refractivity contribution in [2.45, 2.75) is 17.9 Å². The molecule has 0 aromatic heterocycles. The smallest absolute Gasteiger partial charge is 0.126 e. The first-order chi connectivity index (χ1) is 9.06. The molecule has 0 aliphatic heterocycles. The van der Waals surface area contributed by atoms with E-state index in [9.17, 15) is 9.50 Å². The summed E-state index contributed by atoms with van der Waals surface area (Å²) in [6.45, 7) is 1.70. The van der Waals surface area contributed by atoms with Crippen molar-refractivity contribution in [3.05, 3.63) is 63.9 Å². The molecule has 0 saturated heterocycles. The van der Waals surface area contributed by atoms with Gasteiger partial charge in [0.1, 0.15) is 5.82 Å². The van der Waals surface area contributed by atoms with Gasteiger partial charge in [0.2, 0.25) is 0 Å². The third-order valence-electron chi connectivity index (χ3n) is 2.77. The maximum Gasteiger partial charge on any atom is 0.126 e. The Bertz CT molecular complexity index is 574. The van der Waals surface area contributed by atoms with Crippen molar-refractivity contribution in [2.24, 2.45) is 0 Å². The molecule has 19 heavy (non-hydrogen) atoms. The molecule has 2 aromatic rings. The predicted octanol–water partition coefficient (Wildman–Crippen LogP) is 4.72. The van der Waals surface area contributed by atoms with Crippen LogP contribution < -0.4 is 0 Å². The van der Waals surface area contributed by atoms with Crippen molar-refractivity contribution < 1.29 is 9.50 Å². The highest BCUT2D eigenvalue weighted by Gasteiger charge is 2.10. The van der Waals surface area contributed by atoms with Gasteiger partial charge >= 0.3 is 0 Å². The van der Waals surface area contributed by atoms with Gasteiger partial charge in [-0.05, 0) is 42.3 Å². The second-order valence-electron chi connectivity index (χ2n) is 4.29. The summed E-state index contributed by atoms with van der Waals surface area (Å²) >= 11 is 4.99. The minimum Gasteiger partial charge on any atom is -0.388 e. The lowest BCUT2D eigenvalue weighted by Gasteiger charge is -2.12. The summed E-state index contributed by atoms with van der Waals surface area (Å²) in [7, 11) is 0. The Hall–Kier alpha value is -0.840. The normalized spacial score (nSPS) is 12.4. The molecule has 1 N–H and O–H groups in total. The first-order valence-electron chi connectivity index (χ1n) is 5.89. The van der Waals surface area contributed by atoms with Crippen LogP contribution in [0.15, 0.2) is 51.8 Å². The van der Waals surface area contributed by atoms with Gasteiger partial charge in [-0.15, -0.1) is 11.8 Å². The van der Waals surface area contributed by atoms with E-state index < -0.39 is 6.10 Å². The lowest BCUT2D eigenvalue weighted by molar-refractivity contribution is 0.204. The van der Waals surface area contributed by atoms with Crippen LogP contribution in [0, 0.1) is 12.7 Å². The van der Waals surface area contributed by atoms with Gasteiger partial charge in [0.25, 0.3) is 0 Å². The van der Waals surface area contributed by atoms with Gasteiger partial charge < -0.3 is 5.11 Å². The number of aliphatic hydroxyl groups excluding tert-OH is 1. The largest absolute Gasteiger partial charge is 0.388 e. The second-order valence-corrected chi connectivity index (χ2v) is 6.30. The molecule has 1 atom stereocenters. The number of rotatable bonds is 4. The van der Waals surface area contributed by atoms with Crippen molar-refractivity contribution in [1.29, 1.82) is 0 Å². The summed E-state index contributed by atoms with van der Waals surface area (Å²) in [5.41, 5.74) is 1.31. The van der Waals surface area contributed by atoms with E-state index in [0.717, 1.165) is 14.9 Å². The van der Waals surface area contributed by atoms with Crippen molar-refractivity contribution in [3.63, 3.8) is 0 Å². The highest BCUT2D eigenvalue weighted by Crippen LogP contribution is 2.27. The highest BCUT2D eigenvalue weighted by atomic mass is 79.9. The quantitative estimate of drug-likeness (QED) is 0.812. The van der Waals surface area contributed by atoms with Gasteiger partial charge in [0.15, 0.2) is 0 Å². The summed E-state index contributed by atoms with van der Waals surface area (Å²) in [4.78, 5) is 1.09. The Morgan fingerprint density at radius 2 is 2.05 bits per heavy atom. The average molecular weight is 341 g/mol. The van der Waals surface area contributed by atoms with E-state index in [1.807, 2.05) is 24.3 Å². The van der Waals surface area contributed by atoms with Crippen LogP contribution in [0.5, 0.6) is 0 Å². The van der Waals surface area contributed by atoms with Crippen molar-refractivity contribution >= 4 is 27.7 Å². The van der Waals surface area contributed by atoms with Crippen LogP contribution in [0.2, 0.25) is 0 Å². The molecule has 0 fully saturated rings. The monoisotopic (exact) mass is 340 g/mol. The molecule has 100 valence electrons. The zero-order chi connectivity index (χ0) is 13.8. The first-order valence-corrected chi connectivity index (χ1v) is 7.66. The summed E-state index contributed by atoms with van der Waals surface area (Å²) < 4.78 is 14.2. The first kappa shape index (κ1) is 14.6. The number of aliphatic hydroxyl groups is 1. The standard InChI is InChI=1S/C15H14BrFOS/c1-10-7-11(5-6-14(10)17)15(18)9-19-13-4-2-3-12(16)8-13/h2-8,15,18H,9H2,1H3. The number of thioether (sulfide) groups is 1. The second kappa shape index (κ2) is 6.55. The molecule has 2 aromatic carbocycles. The molecular formula is C15H14BrFOS. The fourth-order valence-electron chi connectivity index (χ4n) is 1.70. The zero-order valence-corrected chi connectivity index (χ0v) is 12.8. The van der Waals surface area contributed by atoms with E-state index in [1.165, 1.54) is 6.07 Å². The Balaban J connectivity index is 2.01. The van der Waals surface area contributed by atoms with Gasteiger partial charge in [-0.25, -0.2) is 4.39 Å². The Morgan fingerprint density at radius 1 is 1.26 bits per heavy atom. The van der Waals surface area contributed by atoms with E-state index in [-0.39, 0.29) is 5.82 Å². The molecule has 4 heteroatoms. The molecule has 0 aliphatic rings. The Labute approximate surface area is 125 Å². The average Bonchev–Trinajstić information content (AvgIpc) is 2.39. The van der Waals surface area contributed by atoms with Crippen LogP contribution in [-0.4, -0.2) is 10.9 Å². The molecule has 0 amide bonds. The van der Waals surface area contributed by atoms with Gasteiger partial charge in [0, 0.05) is 15.1 Å². The van der Waals surface area contributed by atoms with E-state index in [0.29, 0.717) is 11.3 Å². The number of benzene rings is 2. The maximum atomic E-state index is 13.2. The molecule has 0 bridgehead atoms. The van der Waals surface area contributed by atoms with Crippen LogP contribution in [0.1, 0.15) is 17.2 Å². The highest BCUT2D eigenvalue weighted by molar-refractivity contribution is 9.10. The Kier molecular flexibility index (Phi) is 5.02. The van der Waals surface area contributed by atoms with Gasteiger partial charge in [0.05, 0.1) is 6.10 Å². The minimum absolute atomic E-state index is 0.240. The molecule has 0 saturated carbocycles. The zero-order valence-electron chi connectivity index (χ0n) is 10.4. The van der Waals surface area contributed by atoms with E-state index in [4.69, 9.17) is 0 Å². The summed E-state index contributed by atoms with van der Waals surface area (Å²) in [6.07, 6.45) is -0.594. The summed E-state index contributed by atoms with van der Waals surface area (Å²) in [5.74, 6) is 0.303. The molecule has 0 heterocycles. The third-order valence-corrected chi connectivity index (χ3v) is 4.33. The lowest BCUT2D eigenvalue weighted by atomic mass is 10.1. The van der Waals surface area contributed by atoms with Crippen LogP contribution in [0.3, 0.4) is 0 Å². The van der Waals surface area contributed by atoms with Crippen LogP contribution in [-0.2, 0) is 0 Å². The van der Waals surface area contributed by atoms with Gasteiger partial charge in [-0.3, -0.25) is 0 Å². The van der Waals surface area contributed by atoms with E-state index >= 15 is 0 Å². The molecule has 0 spiro atoms. The van der Waals surface area contributed by atoms with Gasteiger partial charge in [-0.2, -0.15) is 0 Å². The predicted molar refractivity (Wildman–Crippen MR) is 81.0 cm³/mol. The SMILES string of the molecule is Cc1cc(C(O)CSc2cccc(Br)c2)ccc1F. The number of halogens is 2. The fourth-order valence-corrected chi connectivity index (χ4v) is 3.18. The number of hydrogen-bond acceptors (Lipinski definition) is 2. The van der Waals surface area contributed by atoms with E-state index in [1.54, 1.807) is 30.8 Å². The van der Waals surface area contributed by atoms with Crippen molar-refractivity contribution in [2.75, 3.05) is 5.75 Å². The number of hydrogen-bond donors (Lipinski definition) is 1. The van der Waals surface area contributed by atoms with Crippen molar-refractivity contribution in [1.82, 2.24) is 0 Å². The Morgan fingerprint density at radius 3 is 2.74 bits per heavy atom. The molecule has 0 aliphatic carbocycles. The molecule has 0 radical (unpaired) electrons. The van der Waals surface area contributed by atoms with Crippen LogP contribution in [0.25, 0.3) is 0 Å². The third kappa shape index (κ3) is 4.06. The lowest BCUT2D eigenvalue weighted by Crippen LogP contribution is -2.01. The maximum absolute atomic E-state index is 13.2. The molecular weight excluding hydrogens is 327 g/mol. The minimum atomic E-state index is -0.594. The topological polar surface area (TPSA) is 20.2 Å². The van der Waals surface area contributed by atoms with E-state index in [2.05, 4.69) is 15.9 Å². The fraction of sp³-hybridized carbons (Fsp3) is 0.200. The van der Waals surface area contributed by atoms with Crippen LogP contribution >= 0.6 is 27.7 Å². The molecule has 2 rings (SSSR count). The molecule has 1 nitrogen and oxygen atoms in total. The number of aryl methyl sites for hydroxylation is 1. The van der Waals surface area contributed by atoms with Gasteiger partial charge in [-0.1, -0.05) is 34.1 Å².